The van der Waals surface area contributed by atoms with E-state index in [-0.39, 0.29) is 0 Å². The van der Waals surface area contributed by atoms with Crippen LogP contribution < -0.4 is 10.1 Å². The van der Waals surface area contributed by atoms with E-state index in [9.17, 15) is 0 Å². The van der Waals surface area contributed by atoms with Gasteiger partial charge in [-0.3, -0.25) is 4.99 Å². The highest BCUT2D eigenvalue weighted by Crippen LogP contribution is 2.38. The highest BCUT2D eigenvalue weighted by molar-refractivity contribution is 7.09. The molecule has 0 radical (unpaired) electrons. The van der Waals surface area contributed by atoms with E-state index in [1.54, 1.807) is 7.05 Å². The predicted molar refractivity (Wildman–Crippen MR) is 108 cm³/mol. The van der Waals surface area contributed by atoms with E-state index in [1.807, 2.05) is 43.3 Å². The van der Waals surface area contributed by atoms with E-state index in [0.29, 0.717) is 16.7 Å². The molecule has 0 saturated heterocycles. The predicted octanol–water partition coefficient (Wildman–Crippen LogP) is 6.15. The molecule has 2 aromatic carbocycles. The second-order valence-electron chi connectivity index (χ2n) is 6.08. The van der Waals surface area contributed by atoms with E-state index in [2.05, 4.69) is 28.5 Å². The van der Waals surface area contributed by atoms with Crippen LogP contribution in [0.4, 0.5) is 5.69 Å². The number of aryl methyl sites for hydroxylation is 1. The topological polar surface area (TPSA) is 46.5 Å². The first kappa shape index (κ1) is 17.7. The third-order valence-electron chi connectivity index (χ3n) is 3.88. The van der Waals surface area contributed by atoms with E-state index < -0.39 is 0 Å². The summed E-state index contributed by atoms with van der Waals surface area (Å²) >= 11 is 7.78. The quantitative estimate of drug-likeness (QED) is 0.441. The van der Waals surface area contributed by atoms with Gasteiger partial charge in [0.15, 0.2) is 0 Å². The summed E-state index contributed by atoms with van der Waals surface area (Å²) in [6.07, 6.45) is 0. The molecular formula is C19H20ClN3OS. The summed E-state index contributed by atoms with van der Waals surface area (Å²) < 4.78 is 10.4. The second kappa shape index (κ2) is 7.42. The van der Waals surface area contributed by atoms with Crippen LogP contribution in [0.1, 0.15) is 19.4 Å². The van der Waals surface area contributed by atoms with Crippen LogP contribution in [0.15, 0.2) is 41.4 Å². The Kier molecular flexibility index (Phi) is 5.25. The molecule has 0 saturated carbocycles. The van der Waals surface area contributed by atoms with Gasteiger partial charge in [-0.05, 0) is 36.8 Å². The van der Waals surface area contributed by atoms with Gasteiger partial charge in [-0.25, -0.2) is 0 Å². The minimum atomic E-state index is 0.308. The summed E-state index contributed by atoms with van der Waals surface area (Å²) in [7, 11) is 1.78. The average molecular weight is 374 g/mol. The monoisotopic (exact) mass is 373 g/mol. The van der Waals surface area contributed by atoms with Crippen molar-refractivity contribution in [3.05, 3.63) is 47.0 Å². The number of nitrogens with one attached hydrogen (secondary N) is 1. The molecule has 0 aliphatic rings. The number of aromatic nitrogens is 1. The van der Waals surface area contributed by atoms with Crippen LogP contribution in [-0.2, 0) is 0 Å². The summed E-state index contributed by atoms with van der Waals surface area (Å²) in [5.41, 5.74) is 2.89. The van der Waals surface area contributed by atoms with Crippen LogP contribution in [0.25, 0.3) is 10.9 Å². The van der Waals surface area contributed by atoms with Crippen LogP contribution in [0.5, 0.6) is 10.8 Å². The third kappa shape index (κ3) is 3.78. The first-order chi connectivity index (χ1) is 12.0. The minimum absolute atomic E-state index is 0.308. The van der Waals surface area contributed by atoms with Crippen LogP contribution >= 0.6 is 23.1 Å². The molecule has 3 rings (SSSR count). The van der Waals surface area contributed by atoms with Crippen LogP contribution in [-0.4, -0.2) is 17.3 Å². The maximum Gasteiger partial charge on any atom is 0.208 e. The molecule has 25 heavy (non-hydrogen) atoms. The first-order valence-corrected chi connectivity index (χ1v) is 9.21. The molecule has 6 heteroatoms. The third-order valence-corrected chi connectivity index (χ3v) is 4.94. The van der Waals surface area contributed by atoms with Crippen molar-refractivity contribution in [1.29, 1.82) is 0 Å². The van der Waals surface area contributed by atoms with Crippen molar-refractivity contribution in [2.45, 2.75) is 20.8 Å². The molecule has 0 aliphatic heterocycles. The summed E-state index contributed by atoms with van der Waals surface area (Å²) in [5.74, 6) is 1.85. The SMILES string of the molecule is CN=C(Nc1cc(Cl)c(Oc2snc3ccccc23)cc1C)C(C)C. The molecule has 4 nitrogen and oxygen atoms in total. The van der Waals surface area contributed by atoms with Crippen molar-refractivity contribution in [2.24, 2.45) is 10.9 Å². The molecule has 130 valence electrons. The van der Waals surface area contributed by atoms with Crippen LogP contribution in [0.2, 0.25) is 5.02 Å². The summed E-state index contributed by atoms with van der Waals surface area (Å²) in [6, 6.07) is 11.7. The number of amidine groups is 1. The van der Waals surface area contributed by atoms with Gasteiger partial charge in [0.05, 0.1) is 15.9 Å². The van der Waals surface area contributed by atoms with Gasteiger partial charge in [0.2, 0.25) is 5.06 Å². The number of halogens is 1. The van der Waals surface area contributed by atoms with Gasteiger partial charge in [-0.2, -0.15) is 4.37 Å². The van der Waals surface area contributed by atoms with Gasteiger partial charge < -0.3 is 10.1 Å². The van der Waals surface area contributed by atoms with Gasteiger partial charge in [-0.15, -0.1) is 0 Å². The molecule has 0 aliphatic carbocycles. The van der Waals surface area contributed by atoms with E-state index in [0.717, 1.165) is 33.1 Å². The molecule has 0 bridgehead atoms. The first-order valence-electron chi connectivity index (χ1n) is 8.05. The average Bonchev–Trinajstić information content (AvgIpc) is 2.99. The molecule has 1 heterocycles. The molecule has 0 amide bonds. The van der Waals surface area contributed by atoms with Crippen molar-refractivity contribution in [2.75, 3.05) is 12.4 Å². The van der Waals surface area contributed by atoms with E-state index in [1.165, 1.54) is 11.5 Å². The highest BCUT2D eigenvalue weighted by atomic mass is 35.5. The fourth-order valence-corrected chi connectivity index (χ4v) is 3.44. The zero-order valence-corrected chi connectivity index (χ0v) is 16.2. The Balaban J connectivity index is 1.90. The maximum atomic E-state index is 6.46. The Hall–Kier alpha value is -2.11. The fraction of sp³-hybridized carbons (Fsp3) is 0.263. The van der Waals surface area contributed by atoms with Crippen molar-refractivity contribution >= 4 is 45.6 Å². The number of rotatable bonds is 4. The number of nitrogens with zero attached hydrogens (tertiary/aromatic N) is 2. The summed E-state index contributed by atoms with van der Waals surface area (Å²) in [4.78, 5) is 4.30. The lowest BCUT2D eigenvalue weighted by molar-refractivity contribution is 0.501. The summed E-state index contributed by atoms with van der Waals surface area (Å²) in [6.45, 7) is 6.21. The molecule has 0 spiro atoms. The van der Waals surface area contributed by atoms with Gasteiger partial charge in [-0.1, -0.05) is 37.6 Å². The van der Waals surface area contributed by atoms with Crippen molar-refractivity contribution in [3.63, 3.8) is 0 Å². The van der Waals surface area contributed by atoms with Gasteiger partial charge in [0.25, 0.3) is 0 Å². The lowest BCUT2D eigenvalue weighted by atomic mass is 10.1. The van der Waals surface area contributed by atoms with Crippen molar-refractivity contribution < 1.29 is 4.74 Å². The number of fused-ring (bicyclic) bond motifs is 1. The Morgan fingerprint density at radius 2 is 2.04 bits per heavy atom. The number of anilines is 1. The minimum Gasteiger partial charge on any atom is -0.443 e. The molecule has 1 aromatic heterocycles. The number of ether oxygens (including phenoxy) is 1. The maximum absolute atomic E-state index is 6.46. The van der Waals surface area contributed by atoms with Gasteiger partial charge in [0.1, 0.15) is 11.6 Å². The molecule has 3 aromatic rings. The smallest absolute Gasteiger partial charge is 0.208 e. The van der Waals surface area contributed by atoms with Gasteiger partial charge >= 0.3 is 0 Å². The molecular weight excluding hydrogens is 354 g/mol. The Labute approximate surface area is 156 Å². The fourth-order valence-electron chi connectivity index (χ4n) is 2.50. The lowest BCUT2D eigenvalue weighted by Crippen LogP contribution is -2.19. The number of hydrogen-bond donors (Lipinski definition) is 1. The number of benzene rings is 2. The Morgan fingerprint density at radius 3 is 2.76 bits per heavy atom. The van der Waals surface area contributed by atoms with Crippen molar-refractivity contribution in [3.8, 4) is 10.8 Å². The summed E-state index contributed by atoms with van der Waals surface area (Å²) in [5, 5.41) is 5.63. The van der Waals surface area contributed by atoms with Gasteiger partial charge in [0, 0.05) is 30.2 Å². The van der Waals surface area contributed by atoms with Crippen LogP contribution in [0, 0.1) is 12.8 Å². The molecule has 0 fully saturated rings. The molecule has 0 unspecified atom stereocenters. The van der Waals surface area contributed by atoms with E-state index in [4.69, 9.17) is 16.3 Å². The number of aliphatic imine (C=N–C) groups is 1. The number of hydrogen-bond acceptors (Lipinski definition) is 4. The second-order valence-corrected chi connectivity index (χ2v) is 7.22. The lowest BCUT2D eigenvalue weighted by Gasteiger charge is -2.16. The normalized spacial score (nSPS) is 12.0. The molecule has 1 N–H and O–H groups in total. The zero-order chi connectivity index (χ0) is 18.0. The Morgan fingerprint density at radius 1 is 1.28 bits per heavy atom. The molecule has 0 atom stereocenters. The largest absolute Gasteiger partial charge is 0.443 e. The van der Waals surface area contributed by atoms with Crippen LogP contribution in [0.3, 0.4) is 0 Å². The van der Waals surface area contributed by atoms with Crippen molar-refractivity contribution in [1.82, 2.24) is 4.37 Å². The standard InChI is InChI=1S/C19H20ClN3OS/c1-11(2)18(21-4)22-16-10-14(20)17(9-12(16)3)24-19-13-7-5-6-8-15(13)23-25-19/h5-11H,1-4H3,(H,21,22). The highest BCUT2D eigenvalue weighted by Gasteiger charge is 2.14. The zero-order valence-electron chi connectivity index (χ0n) is 14.6. The van der Waals surface area contributed by atoms with E-state index >= 15 is 0 Å². The Bertz CT molecular complexity index is 934.